The van der Waals surface area contributed by atoms with Crippen molar-refractivity contribution in [3.05, 3.63) is 69.5 Å². The average molecular weight is 624 g/mol. The number of hydrogen-bond donors (Lipinski definition) is 4. The molecule has 4 N–H and O–H groups in total. The lowest BCUT2D eigenvalue weighted by molar-refractivity contribution is -0.139. The lowest BCUT2D eigenvalue weighted by Gasteiger charge is -2.32. The molecule has 0 bridgehead atoms. The molecule has 12 heteroatoms. The summed E-state index contributed by atoms with van der Waals surface area (Å²) in [4.78, 5) is 23.1. The lowest BCUT2D eigenvalue weighted by atomic mass is 9.97. The van der Waals surface area contributed by atoms with Crippen molar-refractivity contribution < 1.29 is 33.0 Å². The highest BCUT2D eigenvalue weighted by Crippen LogP contribution is 2.46. The monoisotopic (exact) mass is 622 g/mol. The van der Waals surface area contributed by atoms with Crippen molar-refractivity contribution in [1.29, 1.82) is 0 Å². The van der Waals surface area contributed by atoms with Crippen LogP contribution in [0.15, 0.2) is 59.1 Å². The largest absolute Gasteiger partial charge is 0.479 e. The van der Waals surface area contributed by atoms with Crippen LogP contribution in [0.5, 0.6) is 5.75 Å². The molecule has 2 aromatic carbocycles. The van der Waals surface area contributed by atoms with Crippen molar-refractivity contribution in [3.8, 4) is 16.2 Å². The Morgan fingerprint density at radius 3 is 2.47 bits per heavy atom. The third-order valence-electron chi connectivity index (χ3n) is 6.19. The van der Waals surface area contributed by atoms with Crippen LogP contribution >= 0.6 is 27.3 Å². The van der Waals surface area contributed by atoms with E-state index in [2.05, 4.69) is 26.6 Å². The van der Waals surface area contributed by atoms with Crippen LogP contribution in [0.25, 0.3) is 10.4 Å². The van der Waals surface area contributed by atoms with Gasteiger partial charge in [-0.25, -0.2) is 18.0 Å². The normalized spacial score (nSPS) is 15.1. The highest BCUT2D eigenvalue weighted by atomic mass is 79.9. The van der Waals surface area contributed by atoms with Gasteiger partial charge in [-0.3, -0.25) is 0 Å². The molecule has 2 heterocycles. The van der Waals surface area contributed by atoms with Gasteiger partial charge in [-0.1, -0.05) is 42.5 Å². The summed E-state index contributed by atoms with van der Waals surface area (Å²) in [6.45, 7) is 0.791. The second-order valence-electron chi connectivity index (χ2n) is 8.92. The molecule has 1 fully saturated rings. The molecule has 1 atom stereocenters. The van der Waals surface area contributed by atoms with E-state index < -0.39 is 33.8 Å². The van der Waals surface area contributed by atoms with E-state index in [1.807, 2.05) is 18.2 Å². The zero-order valence-electron chi connectivity index (χ0n) is 20.2. The maximum atomic E-state index is 13.6. The summed E-state index contributed by atoms with van der Waals surface area (Å²) < 4.78 is 32.9. The fourth-order valence-corrected chi connectivity index (χ4v) is 8.34. The zero-order chi connectivity index (χ0) is 27.3. The van der Waals surface area contributed by atoms with E-state index in [0.29, 0.717) is 33.4 Å². The maximum absolute atomic E-state index is 13.6. The van der Waals surface area contributed by atoms with Crippen molar-refractivity contribution in [2.75, 3.05) is 25.0 Å². The highest BCUT2D eigenvalue weighted by Gasteiger charge is 2.34. The Morgan fingerprint density at radius 1 is 1.11 bits per heavy atom. The summed E-state index contributed by atoms with van der Waals surface area (Å²) in [5, 5.41) is 24.3. The third kappa shape index (κ3) is 6.73. The number of carboxylic acid groups (broad SMARTS) is 2. The summed E-state index contributed by atoms with van der Waals surface area (Å²) in [5.74, 6) is -2.70. The summed E-state index contributed by atoms with van der Waals surface area (Å²) in [6.07, 6.45) is 1.43. The number of piperidine rings is 1. The summed E-state index contributed by atoms with van der Waals surface area (Å²) in [6, 6.07) is 16.1. The number of anilines is 1. The number of carboxylic acids is 2. The van der Waals surface area contributed by atoms with Crippen LogP contribution in [0.1, 0.15) is 28.1 Å². The first-order valence-electron chi connectivity index (χ1n) is 11.9. The van der Waals surface area contributed by atoms with E-state index in [4.69, 9.17) is 9.84 Å². The summed E-state index contributed by atoms with van der Waals surface area (Å²) >= 11 is 4.31. The Balaban J connectivity index is 1.66. The van der Waals surface area contributed by atoms with E-state index in [9.17, 15) is 23.1 Å². The standard InChI is InChI=1S/C26H27BrN2O7S2/c27-21-22(36-14-20(30)31)24(26(32)33)37-23(21)18-7-4-8-19(13-18)29-25(17-9-11-28-12-10-17)38(34,35)15-16-5-2-1-3-6-16/h1-8,13,17,25,28-29H,9-12,14-15H2,(H,30,31)(H,32,33). The molecule has 202 valence electrons. The minimum absolute atomic E-state index is 0.0590. The summed E-state index contributed by atoms with van der Waals surface area (Å²) in [5.41, 5.74) is 1.93. The van der Waals surface area contributed by atoms with Crippen molar-refractivity contribution in [2.45, 2.75) is 24.0 Å². The number of sulfone groups is 1. The van der Waals surface area contributed by atoms with Crippen LogP contribution in [-0.2, 0) is 20.4 Å². The van der Waals surface area contributed by atoms with Crippen LogP contribution in [0.4, 0.5) is 5.69 Å². The number of ether oxygens (including phenoxy) is 1. The quantitative estimate of drug-likeness (QED) is 0.239. The molecule has 0 spiro atoms. The molecule has 4 rings (SSSR count). The fraction of sp³-hybridized carbons (Fsp3) is 0.308. The average Bonchev–Trinajstić information content (AvgIpc) is 3.23. The molecule has 1 unspecified atom stereocenters. The number of halogens is 1. The molecule has 0 aliphatic carbocycles. The van der Waals surface area contributed by atoms with Gasteiger partial charge in [0, 0.05) is 5.69 Å². The van der Waals surface area contributed by atoms with E-state index in [-0.39, 0.29) is 22.3 Å². The van der Waals surface area contributed by atoms with Crippen molar-refractivity contribution in [2.24, 2.45) is 5.92 Å². The first-order chi connectivity index (χ1) is 18.2. The molecule has 1 aromatic heterocycles. The number of nitrogens with one attached hydrogen (secondary N) is 2. The van der Waals surface area contributed by atoms with Gasteiger partial charge in [-0.15, -0.1) is 11.3 Å². The number of aliphatic carboxylic acids is 1. The number of thiophene rings is 1. The van der Waals surface area contributed by atoms with Gasteiger partial charge >= 0.3 is 11.9 Å². The molecule has 1 aliphatic rings. The minimum atomic E-state index is -3.59. The van der Waals surface area contributed by atoms with E-state index in [1.54, 1.807) is 36.4 Å². The van der Waals surface area contributed by atoms with E-state index in [0.717, 1.165) is 30.0 Å². The maximum Gasteiger partial charge on any atom is 0.349 e. The van der Waals surface area contributed by atoms with Crippen LogP contribution in [0.3, 0.4) is 0 Å². The number of rotatable bonds is 11. The van der Waals surface area contributed by atoms with Crippen LogP contribution in [-0.4, -0.2) is 55.6 Å². The number of hydrogen-bond acceptors (Lipinski definition) is 8. The Kier molecular flexibility index (Phi) is 9.08. The molecular formula is C26H27BrN2O7S2. The molecular weight excluding hydrogens is 596 g/mol. The molecule has 1 saturated heterocycles. The van der Waals surface area contributed by atoms with Crippen molar-refractivity contribution in [1.82, 2.24) is 5.32 Å². The SMILES string of the molecule is O=C(O)COc1c(C(=O)O)sc(-c2cccc(NC(C3CCNCC3)S(=O)(=O)Cc3ccccc3)c2)c1Br. The Morgan fingerprint density at radius 2 is 1.82 bits per heavy atom. The Bertz CT molecular complexity index is 1400. The highest BCUT2D eigenvalue weighted by molar-refractivity contribution is 9.10. The van der Waals surface area contributed by atoms with Gasteiger partial charge in [0.1, 0.15) is 5.37 Å². The Hall–Kier alpha value is -2.93. The topological polar surface area (TPSA) is 142 Å². The number of carbonyl (C=O) groups is 2. The lowest BCUT2D eigenvalue weighted by Crippen LogP contribution is -2.43. The fourth-order valence-electron chi connectivity index (χ4n) is 4.44. The molecule has 38 heavy (non-hydrogen) atoms. The smallest absolute Gasteiger partial charge is 0.349 e. The van der Waals surface area contributed by atoms with Gasteiger partial charge in [0.05, 0.1) is 15.1 Å². The van der Waals surface area contributed by atoms with Gasteiger partial charge < -0.3 is 25.6 Å². The van der Waals surface area contributed by atoms with Gasteiger partial charge in [0.2, 0.25) is 0 Å². The van der Waals surface area contributed by atoms with Gasteiger partial charge in [0.15, 0.2) is 27.1 Å². The molecule has 3 aromatic rings. The van der Waals surface area contributed by atoms with Crippen molar-refractivity contribution >= 4 is 54.7 Å². The van der Waals surface area contributed by atoms with Crippen LogP contribution in [0, 0.1) is 5.92 Å². The number of aromatic carboxylic acids is 1. The molecule has 0 radical (unpaired) electrons. The second kappa shape index (κ2) is 12.3. The molecule has 0 saturated carbocycles. The zero-order valence-corrected chi connectivity index (χ0v) is 23.4. The number of benzene rings is 2. The summed E-state index contributed by atoms with van der Waals surface area (Å²) in [7, 11) is -3.59. The molecule has 1 aliphatic heterocycles. The molecule has 0 amide bonds. The van der Waals surface area contributed by atoms with Crippen LogP contribution in [0.2, 0.25) is 0 Å². The van der Waals surface area contributed by atoms with Crippen molar-refractivity contribution in [3.63, 3.8) is 0 Å². The van der Waals surface area contributed by atoms with Gasteiger partial charge in [0.25, 0.3) is 0 Å². The first kappa shape index (κ1) is 28.1. The van der Waals surface area contributed by atoms with E-state index >= 15 is 0 Å². The predicted octanol–water partition coefficient (Wildman–Crippen LogP) is 4.69. The van der Waals surface area contributed by atoms with Gasteiger partial charge in [-0.2, -0.15) is 0 Å². The first-order valence-corrected chi connectivity index (χ1v) is 15.2. The molecule has 9 nitrogen and oxygen atoms in total. The third-order valence-corrected chi connectivity index (χ3v) is 10.4. The van der Waals surface area contributed by atoms with Crippen LogP contribution < -0.4 is 15.4 Å². The van der Waals surface area contributed by atoms with E-state index in [1.165, 1.54) is 0 Å². The minimum Gasteiger partial charge on any atom is -0.479 e. The van der Waals surface area contributed by atoms with Gasteiger partial charge in [-0.05, 0) is 71.0 Å². The second-order valence-corrected chi connectivity index (χ2v) is 12.9. The predicted molar refractivity (Wildman–Crippen MR) is 150 cm³/mol. The Labute approximate surface area is 232 Å².